The van der Waals surface area contributed by atoms with Crippen molar-refractivity contribution in [3.05, 3.63) is 62.0 Å². The van der Waals surface area contributed by atoms with E-state index in [1.807, 2.05) is 25.1 Å². The topological polar surface area (TPSA) is 55.1 Å². The molecule has 3 N–H and O–H groups in total. The van der Waals surface area contributed by atoms with Crippen molar-refractivity contribution in [2.24, 2.45) is 5.73 Å². The number of anilines is 1. The SMILES string of the molecule is Cc1ccc(C(=O)Nc2cc(Br)ccc2C(N)=S)c(Br)c1. The first-order chi connectivity index (χ1) is 9.88. The summed E-state index contributed by atoms with van der Waals surface area (Å²) in [6, 6.07) is 10.9. The number of hydrogen-bond donors (Lipinski definition) is 2. The van der Waals surface area contributed by atoms with Crippen molar-refractivity contribution in [1.82, 2.24) is 0 Å². The summed E-state index contributed by atoms with van der Waals surface area (Å²) in [5.74, 6) is -0.225. The van der Waals surface area contributed by atoms with Gasteiger partial charge in [-0.25, -0.2) is 0 Å². The first-order valence-electron chi connectivity index (χ1n) is 6.05. The molecule has 0 saturated heterocycles. The van der Waals surface area contributed by atoms with Crippen molar-refractivity contribution in [1.29, 1.82) is 0 Å². The summed E-state index contributed by atoms with van der Waals surface area (Å²) in [6.45, 7) is 1.96. The monoisotopic (exact) mass is 426 g/mol. The summed E-state index contributed by atoms with van der Waals surface area (Å²) in [4.78, 5) is 12.6. The van der Waals surface area contributed by atoms with Gasteiger partial charge in [0.15, 0.2) is 0 Å². The molecule has 2 aromatic rings. The second-order valence-corrected chi connectivity index (χ2v) is 6.70. The fourth-order valence-corrected chi connectivity index (χ4v) is 3.04. The van der Waals surface area contributed by atoms with E-state index in [1.165, 1.54) is 0 Å². The van der Waals surface area contributed by atoms with Gasteiger partial charge in [-0.15, -0.1) is 0 Å². The van der Waals surface area contributed by atoms with E-state index in [-0.39, 0.29) is 10.9 Å². The quantitative estimate of drug-likeness (QED) is 0.713. The van der Waals surface area contributed by atoms with Crippen molar-refractivity contribution < 1.29 is 4.79 Å². The lowest BCUT2D eigenvalue weighted by molar-refractivity contribution is 0.102. The predicted molar refractivity (Wildman–Crippen MR) is 96.9 cm³/mol. The largest absolute Gasteiger partial charge is 0.389 e. The lowest BCUT2D eigenvalue weighted by Gasteiger charge is -2.12. The first kappa shape index (κ1) is 16.1. The molecule has 1 amide bonds. The minimum absolute atomic E-state index is 0.225. The number of halogens is 2. The van der Waals surface area contributed by atoms with Gasteiger partial charge in [0.1, 0.15) is 4.99 Å². The van der Waals surface area contributed by atoms with Crippen LogP contribution in [0, 0.1) is 6.92 Å². The Bertz CT molecular complexity index is 732. The number of amides is 1. The van der Waals surface area contributed by atoms with Gasteiger partial charge in [0.25, 0.3) is 5.91 Å². The third-order valence-corrected chi connectivity index (χ3v) is 4.23. The van der Waals surface area contributed by atoms with Crippen molar-refractivity contribution in [2.75, 3.05) is 5.32 Å². The second kappa shape index (κ2) is 6.68. The summed E-state index contributed by atoms with van der Waals surface area (Å²) in [5, 5.41) is 2.84. The summed E-state index contributed by atoms with van der Waals surface area (Å²) in [5.41, 5.74) is 8.52. The molecule has 6 heteroatoms. The molecule has 0 fully saturated rings. The maximum Gasteiger partial charge on any atom is 0.256 e. The Labute approximate surface area is 145 Å². The number of benzene rings is 2. The normalized spacial score (nSPS) is 10.2. The van der Waals surface area contributed by atoms with Crippen LogP contribution in [0.2, 0.25) is 0 Å². The van der Waals surface area contributed by atoms with E-state index in [4.69, 9.17) is 18.0 Å². The molecule has 0 aliphatic rings. The lowest BCUT2D eigenvalue weighted by Crippen LogP contribution is -2.18. The number of carbonyl (C=O) groups is 1. The molecule has 0 heterocycles. The highest BCUT2D eigenvalue weighted by Gasteiger charge is 2.13. The third kappa shape index (κ3) is 3.90. The summed E-state index contributed by atoms with van der Waals surface area (Å²) in [6.07, 6.45) is 0. The van der Waals surface area contributed by atoms with Crippen LogP contribution in [0.4, 0.5) is 5.69 Å². The van der Waals surface area contributed by atoms with E-state index in [9.17, 15) is 4.79 Å². The first-order valence-corrected chi connectivity index (χ1v) is 8.05. The van der Waals surface area contributed by atoms with Gasteiger partial charge >= 0.3 is 0 Å². The van der Waals surface area contributed by atoms with E-state index in [0.717, 1.165) is 14.5 Å². The van der Waals surface area contributed by atoms with E-state index >= 15 is 0 Å². The number of thiocarbonyl (C=S) groups is 1. The van der Waals surface area contributed by atoms with Crippen LogP contribution in [0.5, 0.6) is 0 Å². The maximum absolute atomic E-state index is 12.4. The Kier molecular flexibility index (Phi) is 5.13. The molecule has 0 saturated carbocycles. The molecule has 3 nitrogen and oxygen atoms in total. The van der Waals surface area contributed by atoms with E-state index < -0.39 is 0 Å². The summed E-state index contributed by atoms with van der Waals surface area (Å²) in [7, 11) is 0. The Hall–Kier alpha value is -1.24. The zero-order valence-electron chi connectivity index (χ0n) is 11.1. The second-order valence-electron chi connectivity index (χ2n) is 4.49. The van der Waals surface area contributed by atoms with Crippen LogP contribution in [0.25, 0.3) is 0 Å². The Morgan fingerprint density at radius 1 is 1.14 bits per heavy atom. The fraction of sp³-hybridized carbons (Fsp3) is 0.0667. The van der Waals surface area contributed by atoms with Crippen LogP contribution in [0.3, 0.4) is 0 Å². The van der Waals surface area contributed by atoms with Gasteiger partial charge in [-0.2, -0.15) is 0 Å². The Morgan fingerprint density at radius 2 is 1.81 bits per heavy atom. The average Bonchev–Trinajstić information content (AvgIpc) is 2.37. The zero-order chi connectivity index (χ0) is 15.6. The minimum atomic E-state index is -0.225. The highest BCUT2D eigenvalue weighted by atomic mass is 79.9. The van der Waals surface area contributed by atoms with Crippen molar-refractivity contribution in [2.45, 2.75) is 6.92 Å². The average molecular weight is 428 g/mol. The molecular formula is C15H12Br2N2OS. The van der Waals surface area contributed by atoms with Crippen LogP contribution in [-0.2, 0) is 0 Å². The van der Waals surface area contributed by atoms with Crippen molar-refractivity contribution in [3.8, 4) is 0 Å². The van der Waals surface area contributed by atoms with Gasteiger partial charge in [-0.3, -0.25) is 4.79 Å². The smallest absolute Gasteiger partial charge is 0.256 e. The molecule has 108 valence electrons. The molecule has 0 atom stereocenters. The number of aryl methyl sites for hydroxylation is 1. The van der Waals surface area contributed by atoms with Gasteiger partial charge in [-0.1, -0.05) is 34.2 Å². The van der Waals surface area contributed by atoms with Crippen molar-refractivity contribution in [3.63, 3.8) is 0 Å². The summed E-state index contributed by atoms with van der Waals surface area (Å²) < 4.78 is 1.58. The molecule has 2 aromatic carbocycles. The van der Waals surface area contributed by atoms with Crippen LogP contribution in [0.1, 0.15) is 21.5 Å². The van der Waals surface area contributed by atoms with Crippen LogP contribution < -0.4 is 11.1 Å². The molecule has 0 aliphatic heterocycles. The number of carbonyl (C=O) groups excluding carboxylic acids is 1. The standard InChI is InChI=1S/C15H12Br2N2OS/c1-8-2-4-10(12(17)6-8)15(20)19-13-7-9(16)3-5-11(13)14(18)21/h2-7H,1H3,(H2,18,21)(H,19,20). The molecule has 0 radical (unpaired) electrons. The third-order valence-electron chi connectivity index (χ3n) is 2.86. The van der Waals surface area contributed by atoms with Gasteiger partial charge in [0.05, 0.1) is 11.3 Å². The molecule has 2 rings (SSSR count). The number of rotatable bonds is 3. The van der Waals surface area contributed by atoms with E-state index in [0.29, 0.717) is 16.8 Å². The molecular weight excluding hydrogens is 416 g/mol. The zero-order valence-corrected chi connectivity index (χ0v) is 15.1. The maximum atomic E-state index is 12.4. The van der Waals surface area contributed by atoms with E-state index in [1.54, 1.807) is 18.2 Å². The molecule has 0 unspecified atom stereocenters. The fourth-order valence-electron chi connectivity index (χ4n) is 1.83. The lowest BCUT2D eigenvalue weighted by atomic mass is 10.1. The van der Waals surface area contributed by atoms with Gasteiger partial charge < -0.3 is 11.1 Å². The van der Waals surface area contributed by atoms with Gasteiger partial charge in [-0.05, 0) is 58.7 Å². The number of hydrogen-bond acceptors (Lipinski definition) is 2. The highest BCUT2D eigenvalue weighted by Crippen LogP contribution is 2.24. The molecule has 0 spiro atoms. The van der Waals surface area contributed by atoms with Gasteiger partial charge in [0, 0.05) is 14.5 Å². The van der Waals surface area contributed by atoms with Crippen molar-refractivity contribution >= 4 is 60.7 Å². The Balaban J connectivity index is 2.35. The van der Waals surface area contributed by atoms with E-state index in [2.05, 4.69) is 37.2 Å². The van der Waals surface area contributed by atoms with Crippen LogP contribution in [0.15, 0.2) is 45.3 Å². The Morgan fingerprint density at radius 3 is 2.43 bits per heavy atom. The number of nitrogens with one attached hydrogen (secondary N) is 1. The molecule has 0 aromatic heterocycles. The minimum Gasteiger partial charge on any atom is -0.389 e. The number of nitrogens with two attached hydrogens (primary N) is 1. The highest BCUT2D eigenvalue weighted by molar-refractivity contribution is 9.10. The van der Waals surface area contributed by atoms with Crippen LogP contribution in [-0.4, -0.2) is 10.9 Å². The molecule has 0 aliphatic carbocycles. The van der Waals surface area contributed by atoms with Crippen LogP contribution >= 0.6 is 44.1 Å². The van der Waals surface area contributed by atoms with Gasteiger partial charge in [0.2, 0.25) is 0 Å². The molecule has 21 heavy (non-hydrogen) atoms. The molecule has 0 bridgehead atoms. The predicted octanol–water partition coefficient (Wildman–Crippen LogP) is 4.41. The summed E-state index contributed by atoms with van der Waals surface area (Å²) >= 11 is 11.8.